The minimum atomic E-state index is -0.481. The molecule has 0 unspecified atom stereocenters. The van der Waals surface area contributed by atoms with E-state index >= 15 is 0 Å². The summed E-state index contributed by atoms with van der Waals surface area (Å²) in [5.74, 6) is 0.599. The molecule has 1 saturated heterocycles. The number of nitro groups is 1. The summed E-state index contributed by atoms with van der Waals surface area (Å²) in [4.78, 5) is 21.5. The van der Waals surface area contributed by atoms with Gasteiger partial charge in [-0.3, -0.25) is 10.1 Å². The number of aryl methyl sites for hydroxylation is 1. The number of rotatable bonds is 4. The van der Waals surface area contributed by atoms with E-state index < -0.39 is 4.92 Å². The molecule has 1 fully saturated rings. The van der Waals surface area contributed by atoms with Crippen molar-refractivity contribution in [1.29, 1.82) is 0 Å². The monoisotopic (exact) mass is 349 g/mol. The first-order valence-electron chi connectivity index (χ1n) is 7.43. The summed E-state index contributed by atoms with van der Waals surface area (Å²) in [6.45, 7) is 4.06. The van der Waals surface area contributed by atoms with Crippen LogP contribution in [0.4, 0.5) is 23.1 Å². The molecule has 1 aromatic carbocycles. The van der Waals surface area contributed by atoms with Crippen molar-refractivity contribution in [3.05, 3.63) is 45.1 Å². The number of hydrogen-bond acceptors (Lipinski definition) is 7. The van der Waals surface area contributed by atoms with Gasteiger partial charge in [0.1, 0.15) is 5.69 Å². The number of benzene rings is 1. The minimum absolute atomic E-state index is 0.146. The molecule has 0 saturated carbocycles. The third kappa shape index (κ3) is 3.55. The van der Waals surface area contributed by atoms with Crippen molar-refractivity contribution in [3.8, 4) is 0 Å². The summed E-state index contributed by atoms with van der Waals surface area (Å²) in [6, 6.07) is 6.93. The Morgan fingerprint density at radius 1 is 1.33 bits per heavy atom. The highest BCUT2D eigenvalue weighted by Crippen LogP contribution is 2.31. The number of anilines is 3. The largest absolute Gasteiger partial charge is 0.378 e. The predicted octanol–water partition coefficient (Wildman–Crippen LogP) is 2.93. The molecule has 0 radical (unpaired) electrons. The fourth-order valence-electron chi connectivity index (χ4n) is 2.47. The van der Waals surface area contributed by atoms with E-state index in [1.165, 1.54) is 0 Å². The van der Waals surface area contributed by atoms with Crippen molar-refractivity contribution in [2.45, 2.75) is 6.92 Å². The average molecular weight is 350 g/mol. The smallest absolute Gasteiger partial charge is 0.332 e. The van der Waals surface area contributed by atoms with Crippen LogP contribution in [0, 0.1) is 17.0 Å². The van der Waals surface area contributed by atoms with E-state index in [1.807, 2.05) is 4.90 Å². The fraction of sp³-hybridized carbons (Fsp3) is 0.333. The number of hydrogen-bond donors (Lipinski definition) is 1. The lowest BCUT2D eigenvalue weighted by Crippen LogP contribution is -2.37. The number of nitrogens with one attached hydrogen (secondary N) is 1. The summed E-state index contributed by atoms with van der Waals surface area (Å²) < 4.78 is 5.32. The molecule has 9 heteroatoms. The molecule has 1 aliphatic heterocycles. The van der Waals surface area contributed by atoms with E-state index in [4.69, 9.17) is 16.3 Å². The highest BCUT2D eigenvalue weighted by Gasteiger charge is 2.25. The second-order valence-corrected chi connectivity index (χ2v) is 5.73. The van der Waals surface area contributed by atoms with Crippen molar-refractivity contribution in [1.82, 2.24) is 9.97 Å². The number of aromatic nitrogens is 2. The summed E-state index contributed by atoms with van der Waals surface area (Å²) >= 11 is 5.97. The third-order valence-corrected chi connectivity index (χ3v) is 3.85. The molecule has 0 atom stereocenters. The van der Waals surface area contributed by atoms with Crippen molar-refractivity contribution < 1.29 is 9.66 Å². The summed E-state index contributed by atoms with van der Waals surface area (Å²) in [5.41, 5.74) is 0.782. The Morgan fingerprint density at radius 2 is 2.08 bits per heavy atom. The van der Waals surface area contributed by atoms with Crippen LogP contribution < -0.4 is 10.2 Å². The van der Waals surface area contributed by atoms with Crippen molar-refractivity contribution >= 4 is 34.7 Å². The van der Waals surface area contributed by atoms with Crippen LogP contribution in [-0.2, 0) is 4.74 Å². The normalized spacial score (nSPS) is 14.5. The summed E-state index contributed by atoms with van der Waals surface area (Å²) in [5, 5.41) is 14.9. The van der Waals surface area contributed by atoms with Crippen molar-refractivity contribution in [3.63, 3.8) is 0 Å². The van der Waals surface area contributed by atoms with E-state index in [2.05, 4.69) is 15.3 Å². The first-order valence-corrected chi connectivity index (χ1v) is 7.80. The maximum absolute atomic E-state index is 11.4. The van der Waals surface area contributed by atoms with Gasteiger partial charge in [-0.2, -0.15) is 4.98 Å². The van der Waals surface area contributed by atoms with E-state index in [9.17, 15) is 10.1 Å². The Morgan fingerprint density at radius 3 is 2.75 bits per heavy atom. The molecule has 0 bridgehead atoms. The maximum Gasteiger partial charge on any atom is 0.332 e. The zero-order valence-corrected chi connectivity index (χ0v) is 13.8. The van der Waals surface area contributed by atoms with E-state index in [0.29, 0.717) is 48.7 Å². The highest BCUT2D eigenvalue weighted by atomic mass is 35.5. The quantitative estimate of drug-likeness (QED) is 0.670. The minimum Gasteiger partial charge on any atom is -0.378 e. The maximum atomic E-state index is 11.4. The average Bonchev–Trinajstić information content (AvgIpc) is 2.55. The van der Waals surface area contributed by atoms with Gasteiger partial charge in [-0.1, -0.05) is 17.7 Å². The zero-order chi connectivity index (χ0) is 17.1. The van der Waals surface area contributed by atoms with Gasteiger partial charge < -0.3 is 15.0 Å². The molecule has 1 N–H and O–H groups in total. The van der Waals surface area contributed by atoms with Crippen LogP contribution in [-0.4, -0.2) is 41.2 Å². The Labute approximate surface area is 143 Å². The number of nitrogens with zero attached hydrogens (tertiary/aromatic N) is 4. The van der Waals surface area contributed by atoms with Gasteiger partial charge in [0.25, 0.3) is 0 Å². The lowest BCUT2D eigenvalue weighted by molar-refractivity contribution is -0.385. The molecule has 0 spiro atoms. The van der Waals surface area contributed by atoms with Crippen LogP contribution in [0.1, 0.15) is 5.69 Å². The van der Waals surface area contributed by atoms with Gasteiger partial charge in [0.15, 0.2) is 0 Å². The molecule has 1 aromatic heterocycles. The molecule has 24 heavy (non-hydrogen) atoms. The fourth-order valence-corrected chi connectivity index (χ4v) is 2.66. The van der Waals surface area contributed by atoms with Crippen LogP contribution in [0.5, 0.6) is 0 Å². The van der Waals surface area contributed by atoms with Gasteiger partial charge in [-0.15, -0.1) is 0 Å². The van der Waals surface area contributed by atoms with Gasteiger partial charge in [0.05, 0.1) is 18.1 Å². The van der Waals surface area contributed by atoms with Crippen LogP contribution in [0.15, 0.2) is 24.3 Å². The molecule has 2 heterocycles. The molecule has 0 aliphatic carbocycles. The predicted molar refractivity (Wildman–Crippen MR) is 91.2 cm³/mol. The first kappa shape index (κ1) is 16.4. The topological polar surface area (TPSA) is 93.4 Å². The van der Waals surface area contributed by atoms with Crippen molar-refractivity contribution in [2.24, 2.45) is 0 Å². The number of morpholine rings is 1. The van der Waals surface area contributed by atoms with E-state index in [-0.39, 0.29) is 11.5 Å². The van der Waals surface area contributed by atoms with Crippen LogP contribution in [0.2, 0.25) is 5.02 Å². The molecular weight excluding hydrogens is 334 g/mol. The lowest BCUT2D eigenvalue weighted by atomic mass is 10.3. The standard InChI is InChI=1S/C15H16ClN5O3/c1-10-13(21(22)23)14(18-12-4-2-3-11(16)9-12)19-15(17-10)20-5-7-24-8-6-20/h2-4,9H,5-8H2,1H3,(H,17,18,19). The molecular formula is C15H16ClN5O3. The molecule has 1 aliphatic rings. The molecule has 8 nitrogen and oxygen atoms in total. The van der Waals surface area contributed by atoms with Crippen LogP contribution in [0.25, 0.3) is 0 Å². The van der Waals surface area contributed by atoms with Gasteiger partial charge in [-0.05, 0) is 25.1 Å². The second-order valence-electron chi connectivity index (χ2n) is 5.30. The van der Waals surface area contributed by atoms with E-state index in [1.54, 1.807) is 31.2 Å². The Kier molecular flexibility index (Phi) is 4.77. The second kappa shape index (κ2) is 6.98. The van der Waals surface area contributed by atoms with Gasteiger partial charge >= 0.3 is 5.69 Å². The van der Waals surface area contributed by atoms with Gasteiger partial charge in [-0.25, -0.2) is 4.98 Å². The highest BCUT2D eigenvalue weighted by molar-refractivity contribution is 6.30. The third-order valence-electron chi connectivity index (χ3n) is 3.61. The Bertz CT molecular complexity index is 765. The van der Waals surface area contributed by atoms with Crippen LogP contribution >= 0.6 is 11.6 Å². The van der Waals surface area contributed by atoms with Crippen molar-refractivity contribution in [2.75, 3.05) is 36.5 Å². The molecule has 126 valence electrons. The molecule has 3 rings (SSSR count). The first-order chi connectivity index (χ1) is 11.5. The molecule has 0 amide bonds. The zero-order valence-electron chi connectivity index (χ0n) is 13.0. The Hall–Kier alpha value is -2.45. The Balaban J connectivity index is 2.00. The number of halogens is 1. The van der Waals surface area contributed by atoms with Gasteiger partial charge in [0, 0.05) is 23.8 Å². The summed E-state index contributed by atoms with van der Waals surface area (Å²) in [7, 11) is 0. The molecule has 2 aromatic rings. The van der Waals surface area contributed by atoms with Crippen LogP contribution in [0.3, 0.4) is 0 Å². The van der Waals surface area contributed by atoms with Gasteiger partial charge in [0.2, 0.25) is 11.8 Å². The SMILES string of the molecule is Cc1nc(N2CCOCC2)nc(Nc2cccc(Cl)c2)c1[N+](=O)[O-]. The lowest BCUT2D eigenvalue weighted by Gasteiger charge is -2.27. The summed E-state index contributed by atoms with van der Waals surface area (Å²) in [6.07, 6.45) is 0. The van der Waals surface area contributed by atoms with E-state index in [0.717, 1.165) is 0 Å². The number of ether oxygens (including phenoxy) is 1.